The molecule has 12 nitrogen and oxygen atoms in total. The summed E-state index contributed by atoms with van der Waals surface area (Å²) in [5, 5.41) is 64.3. The molecule has 13 heteroatoms. The van der Waals surface area contributed by atoms with E-state index in [-0.39, 0.29) is 12.3 Å². The molecule has 0 aromatic heterocycles. The van der Waals surface area contributed by atoms with Crippen molar-refractivity contribution in [2.45, 2.75) is 352 Å². The van der Waals surface area contributed by atoms with E-state index in [0.29, 0.717) is 19.3 Å². The first-order chi connectivity index (χ1) is 33.9. The fraction of sp³-hybridized carbons (Fsp3) is 0.982. The van der Waals surface area contributed by atoms with Crippen molar-refractivity contribution in [1.29, 1.82) is 0 Å². The van der Waals surface area contributed by atoms with Crippen LogP contribution in [0.3, 0.4) is 0 Å². The zero-order valence-corrected chi connectivity index (χ0v) is 46.3. The lowest BCUT2D eigenvalue weighted by atomic mass is 9.85. The molecule has 70 heavy (non-hydrogen) atoms. The SMILES string of the molecule is CCCCCCCCCCCCCCCCCCCCCCCCCCCCCCCCCCCC(=O)N[C@@H](COP(=O)(O)OC1C(O)C(O)C(O)[C@@H](O)C1O)[C@H](O)CCCCCCCCCCCC. The summed E-state index contributed by atoms with van der Waals surface area (Å²) in [6.07, 6.45) is 43.3. The molecular formula is C57H114NO11P. The van der Waals surface area contributed by atoms with E-state index in [0.717, 1.165) is 38.5 Å². The average Bonchev–Trinajstić information content (AvgIpc) is 3.34. The summed E-state index contributed by atoms with van der Waals surface area (Å²) < 4.78 is 23.0. The highest BCUT2D eigenvalue weighted by Crippen LogP contribution is 2.47. The second-order valence-corrected chi connectivity index (χ2v) is 23.0. The number of hydrogen-bond acceptors (Lipinski definition) is 10. The summed E-state index contributed by atoms with van der Waals surface area (Å²) >= 11 is 0. The molecule has 9 atom stereocenters. The second-order valence-electron chi connectivity index (χ2n) is 21.6. The molecule has 0 radical (unpaired) electrons. The Kier molecular flexibility index (Phi) is 45.1. The van der Waals surface area contributed by atoms with Crippen LogP contribution >= 0.6 is 7.82 Å². The first-order valence-electron chi connectivity index (χ1n) is 30.0. The van der Waals surface area contributed by atoms with Crippen LogP contribution < -0.4 is 5.32 Å². The molecule has 418 valence electrons. The van der Waals surface area contributed by atoms with Crippen molar-refractivity contribution >= 4 is 13.7 Å². The van der Waals surface area contributed by atoms with Crippen molar-refractivity contribution in [2.75, 3.05) is 6.61 Å². The number of hydrogen-bond donors (Lipinski definition) is 8. The van der Waals surface area contributed by atoms with Crippen molar-refractivity contribution in [3.8, 4) is 0 Å². The maximum absolute atomic E-state index is 13.0. The Balaban J connectivity index is 2.13. The largest absolute Gasteiger partial charge is 0.472 e. The van der Waals surface area contributed by atoms with Gasteiger partial charge in [-0.25, -0.2) is 4.57 Å². The van der Waals surface area contributed by atoms with Gasteiger partial charge in [0.05, 0.1) is 18.8 Å². The fourth-order valence-corrected chi connectivity index (χ4v) is 11.1. The highest BCUT2D eigenvalue weighted by atomic mass is 31.2. The van der Waals surface area contributed by atoms with Gasteiger partial charge in [-0.1, -0.05) is 284 Å². The van der Waals surface area contributed by atoms with Crippen molar-refractivity contribution < 1.29 is 53.9 Å². The lowest BCUT2D eigenvalue weighted by Crippen LogP contribution is -2.64. The van der Waals surface area contributed by atoms with Gasteiger partial charge in [-0.3, -0.25) is 13.8 Å². The third kappa shape index (κ3) is 37.1. The van der Waals surface area contributed by atoms with E-state index >= 15 is 0 Å². The number of carbonyl (C=O) groups excluding carboxylic acids is 1. The van der Waals surface area contributed by atoms with Crippen molar-refractivity contribution in [3.05, 3.63) is 0 Å². The van der Waals surface area contributed by atoms with Crippen LogP contribution in [0, 0.1) is 0 Å². The molecule has 6 unspecified atom stereocenters. The van der Waals surface area contributed by atoms with Crippen LogP contribution in [0.5, 0.6) is 0 Å². The van der Waals surface area contributed by atoms with Gasteiger partial charge >= 0.3 is 7.82 Å². The standard InChI is InChI=1S/C57H114NO11P/c1-3-5-7-9-11-13-15-16-17-18-19-20-21-22-23-24-25-26-27-28-29-30-31-32-33-34-35-36-37-39-41-43-45-47-51(60)58-49(50(59)46-44-42-40-38-14-12-10-8-6-4-2)48-68-70(66,67)69-57-55(64)53(62)52(61)54(63)56(57)65/h49-50,52-57,59,61-65H,3-48H2,1-2H3,(H,58,60)(H,66,67)/t49-,50+,52?,53+,54?,55?,56?,57?/m0/s1. The molecule has 1 fully saturated rings. The number of phosphoric ester groups is 1. The lowest BCUT2D eigenvalue weighted by molar-refractivity contribution is -0.220. The second kappa shape index (κ2) is 46.8. The molecule has 1 saturated carbocycles. The molecule has 0 aromatic rings. The third-order valence-corrected chi connectivity index (χ3v) is 15.9. The van der Waals surface area contributed by atoms with Crippen LogP contribution in [0.15, 0.2) is 0 Å². The van der Waals surface area contributed by atoms with E-state index in [9.17, 15) is 44.9 Å². The summed E-state index contributed by atoms with van der Waals surface area (Å²) in [4.78, 5) is 23.5. The monoisotopic (exact) mass is 1020 g/mol. The number of aliphatic hydroxyl groups excluding tert-OH is 6. The Morgan fingerprint density at radius 2 is 0.686 bits per heavy atom. The first-order valence-corrected chi connectivity index (χ1v) is 31.5. The van der Waals surface area contributed by atoms with E-state index in [4.69, 9.17) is 9.05 Å². The van der Waals surface area contributed by atoms with Gasteiger partial charge in [0, 0.05) is 6.42 Å². The Hall–Kier alpha value is -0.660. The normalized spacial score (nSPS) is 21.2. The molecule has 0 aromatic carbocycles. The van der Waals surface area contributed by atoms with Crippen LogP contribution in [0.25, 0.3) is 0 Å². The molecular weight excluding hydrogens is 906 g/mol. The quantitative estimate of drug-likeness (QED) is 0.0212. The molecule has 0 saturated heterocycles. The number of unbranched alkanes of at least 4 members (excludes halogenated alkanes) is 41. The van der Waals surface area contributed by atoms with Gasteiger partial charge in [-0.05, 0) is 12.8 Å². The predicted molar refractivity (Wildman–Crippen MR) is 288 cm³/mol. The van der Waals surface area contributed by atoms with Gasteiger partial charge < -0.3 is 40.8 Å². The molecule has 1 aliphatic carbocycles. The number of amides is 1. The maximum atomic E-state index is 13.0. The molecule has 0 bridgehead atoms. The molecule has 0 spiro atoms. The fourth-order valence-electron chi connectivity index (χ4n) is 10.1. The summed E-state index contributed by atoms with van der Waals surface area (Å²) in [6.45, 7) is 3.91. The van der Waals surface area contributed by atoms with Gasteiger partial charge in [0.1, 0.15) is 36.6 Å². The lowest BCUT2D eigenvalue weighted by Gasteiger charge is -2.41. The Morgan fingerprint density at radius 1 is 0.429 bits per heavy atom. The third-order valence-electron chi connectivity index (χ3n) is 14.9. The number of aliphatic hydroxyl groups is 6. The number of rotatable bonds is 52. The highest BCUT2D eigenvalue weighted by molar-refractivity contribution is 7.47. The predicted octanol–water partition coefficient (Wildman–Crippen LogP) is 13.7. The number of phosphoric acid groups is 1. The highest BCUT2D eigenvalue weighted by Gasteiger charge is 2.51. The van der Waals surface area contributed by atoms with Crippen LogP contribution in [0.4, 0.5) is 0 Å². The van der Waals surface area contributed by atoms with Crippen LogP contribution in [0.1, 0.15) is 303 Å². The van der Waals surface area contributed by atoms with Gasteiger partial charge in [-0.2, -0.15) is 0 Å². The van der Waals surface area contributed by atoms with Gasteiger partial charge in [0.2, 0.25) is 5.91 Å². The van der Waals surface area contributed by atoms with Crippen molar-refractivity contribution in [2.24, 2.45) is 0 Å². The van der Waals surface area contributed by atoms with Gasteiger partial charge in [0.15, 0.2) is 0 Å². The molecule has 1 amide bonds. The van der Waals surface area contributed by atoms with E-state index in [1.807, 2.05) is 0 Å². The molecule has 0 heterocycles. The molecule has 1 rings (SSSR count). The summed E-state index contributed by atoms with van der Waals surface area (Å²) in [7, 11) is -5.05. The Labute approximate surface area is 429 Å². The van der Waals surface area contributed by atoms with E-state index in [1.165, 1.54) is 225 Å². The summed E-state index contributed by atoms with van der Waals surface area (Å²) in [5.41, 5.74) is 0. The zero-order valence-electron chi connectivity index (χ0n) is 45.4. The number of nitrogens with one attached hydrogen (secondary N) is 1. The van der Waals surface area contributed by atoms with Crippen molar-refractivity contribution in [3.63, 3.8) is 0 Å². The van der Waals surface area contributed by atoms with E-state index in [1.54, 1.807) is 0 Å². The summed E-state index contributed by atoms with van der Waals surface area (Å²) in [6, 6.07) is -1.03. The Bertz CT molecular complexity index is 1190. The number of carbonyl (C=O) groups is 1. The topological polar surface area (TPSA) is 206 Å². The minimum absolute atomic E-state index is 0.243. The minimum atomic E-state index is -5.05. The van der Waals surface area contributed by atoms with Crippen LogP contribution in [-0.2, 0) is 18.4 Å². The van der Waals surface area contributed by atoms with E-state index < -0.39 is 63.2 Å². The first kappa shape index (κ1) is 67.4. The average molecular weight is 1020 g/mol. The maximum Gasteiger partial charge on any atom is 0.472 e. The molecule has 0 aliphatic heterocycles. The van der Waals surface area contributed by atoms with Gasteiger partial charge in [0.25, 0.3) is 0 Å². The molecule has 1 aliphatic rings. The summed E-state index contributed by atoms with van der Waals surface area (Å²) in [5.74, 6) is -0.302. The van der Waals surface area contributed by atoms with Crippen molar-refractivity contribution in [1.82, 2.24) is 5.32 Å². The molecule has 8 N–H and O–H groups in total. The van der Waals surface area contributed by atoms with Crippen LogP contribution in [-0.4, -0.2) is 96.8 Å². The smallest absolute Gasteiger partial charge is 0.391 e. The zero-order chi connectivity index (χ0) is 51.3. The van der Waals surface area contributed by atoms with Gasteiger partial charge in [-0.15, -0.1) is 0 Å². The minimum Gasteiger partial charge on any atom is -0.391 e. The Morgan fingerprint density at radius 3 is 0.986 bits per heavy atom. The van der Waals surface area contributed by atoms with E-state index in [2.05, 4.69) is 19.2 Å². The van der Waals surface area contributed by atoms with Crippen LogP contribution in [0.2, 0.25) is 0 Å².